The van der Waals surface area contributed by atoms with Gasteiger partial charge in [-0.25, -0.2) is 0 Å². The quantitative estimate of drug-likeness (QED) is 0.520. The molecule has 5 heteroatoms. The Bertz CT molecular complexity index is 52.5. The van der Waals surface area contributed by atoms with Crippen LogP contribution < -0.4 is 0 Å². The molecule has 0 saturated carbocycles. The zero-order chi connectivity index (χ0) is 6.41. The fourth-order valence-electron chi connectivity index (χ4n) is 0.202. The van der Waals surface area contributed by atoms with Gasteiger partial charge in [-0.15, -0.1) is 0 Å². The van der Waals surface area contributed by atoms with E-state index in [0.717, 1.165) is 0 Å². The molecule has 0 aliphatic carbocycles. The predicted octanol–water partition coefficient (Wildman–Crippen LogP) is 1.11. The van der Waals surface area contributed by atoms with Crippen LogP contribution in [0.5, 0.6) is 0 Å². The molecule has 0 aliphatic rings. The van der Waals surface area contributed by atoms with E-state index in [-0.39, 0.29) is 0 Å². The third-order valence-corrected chi connectivity index (χ3v) is 2.52. The summed E-state index contributed by atoms with van der Waals surface area (Å²) in [6.07, 6.45) is 0. The average molecular weight is 219 g/mol. The van der Waals surface area contributed by atoms with E-state index in [1.165, 1.54) is 0 Å². The summed E-state index contributed by atoms with van der Waals surface area (Å²) in [4.78, 5) is 0. The number of halogens is 2. The van der Waals surface area contributed by atoms with E-state index in [2.05, 4.69) is 4.74 Å². The summed E-state index contributed by atoms with van der Waals surface area (Å²) in [5.74, 6) is 0. The van der Waals surface area contributed by atoms with E-state index in [0.29, 0.717) is 13.2 Å². The standard InChI is InChI=1S/C3H7Cl2GeO2/c1-7-2-3-8-6(4)5/h2-3H2,1H3. The number of hydrogen-bond donors (Lipinski definition) is 0. The topological polar surface area (TPSA) is 18.5 Å². The van der Waals surface area contributed by atoms with Gasteiger partial charge < -0.3 is 0 Å². The number of hydrogen-bond acceptors (Lipinski definition) is 2. The molecule has 1 radical (unpaired) electrons. The second-order valence-electron chi connectivity index (χ2n) is 1.07. The van der Waals surface area contributed by atoms with Gasteiger partial charge in [0.1, 0.15) is 0 Å². The first-order valence-corrected chi connectivity index (χ1v) is 8.44. The van der Waals surface area contributed by atoms with E-state index in [1.807, 2.05) is 0 Å². The molecule has 2 nitrogen and oxygen atoms in total. The van der Waals surface area contributed by atoms with E-state index in [4.69, 9.17) is 23.8 Å². The summed E-state index contributed by atoms with van der Waals surface area (Å²) in [6.45, 7) is 1.08. The van der Waals surface area contributed by atoms with Gasteiger partial charge in [0.25, 0.3) is 0 Å². The first-order valence-electron chi connectivity index (χ1n) is 2.07. The molecule has 0 heterocycles. The second kappa shape index (κ2) is 6.17. The maximum absolute atomic E-state index is 5.37. The zero-order valence-corrected chi connectivity index (χ0v) is 8.10. The Morgan fingerprint density at radius 3 is 2.38 bits per heavy atom. The summed E-state index contributed by atoms with van der Waals surface area (Å²) in [7, 11) is 12.3. The summed E-state index contributed by atoms with van der Waals surface area (Å²) in [5, 5.41) is 0. The van der Waals surface area contributed by atoms with Crippen molar-refractivity contribution in [3.8, 4) is 0 Å². The predicted molar refractivity (Wildman–Crippen MR) is 35.3 cm³/mol. The van der Waals surface area contributed by atoms with Gasteiger partial charge in [-0.2, -0.15) is 0 Å². The molecule has 0 aromatic rings. The van der Waals surface area contributed by atoms with Crippen LogP contribution in [0.1, 0.15) is 0 Å². The van der Waals surface area contributed by atoms with Gasteiger partial charge in [-0.1, -0.05) is 0 Å². The number of rotatable bonds is 4. The zero-order valence-electron chi connectivity index (χ0n) is 4.49. The summed E-state index contributed by atoms with van der Waals surface area (Å²) in [5.41, 5.74) is 0. The van der Waals surface area contributed by atoms with E-state index in [1.54, 1.807) is 7.11 Å². The Labute approximate surface area is 61.9 Å². The number of ether oxygens (including phenoxy) is 1. The van der Waals surface area contributed by atoms with Crippen molar-refractivity contribution in [2.75, 3.05) is 20.3 Å². The van der Waals surface area contributed by atoms with E-state index >= 15 is 0 Å². The Kier molecular flexibility index (Phi) is 6.97. The van der Waals surface area contributed by atoms with Gasteiger partial charge in [0.05, 0.1) is 0 Å². The van der Waals surface area contributed by atoms with Crippen LogP contribution in [0.4, 0.5) is 0 Å². The molecule has 0 unspecified atom stereocenters. The molecule has 0 saturated heterocycles. The van der Waals surface area contributed by atoms with Crippen molar-refractivity contribution in [3.05, 3.63) is 0 Å². The van der Waals surface area contributed by atoms with Crippen molar-refractivity contribution in [3.63, 3.8) is 0 Å². The molecular formula is C3H7Cl2GeO2. The maximum atomic E-state index is 5.37. The van der Waals surface area contributed by atoms with Crippen molar-refractivity contribution in [1.82, 2.24) is 0 Å². The normalized spacial score (nSPS) is 10.5. The molecule has 0 rings (SSSR count). The van der Waals surface area contributed by atoms with Crippen LogP contribution in [0.2, 0.25) is 0 Å². The minimum atomic E-state index is -2.06. The van der Waals surface area contributed by atoms with Crippen molar-refractivity contribution >= 4 is 32.8 Å². The molecule has 0 aliphatic heterocycles. The monoisotopic (exact) mass is 219 g/mol. The summed E-state index contributed by atoms with van der Waals surface area (Å²) < 4.78 is 9.53. The van der Waals surface area contributed by atoms with Crippen LogP contribution in [0.3, 0.4) is 0 Å². The molecule has 0 aromatic heterocycles. The third-order valence-electron chi connectivity index (χ3n) is 0.499. The van der Waals surface area contributed by atoms with E-state index < -0.39 is 12.8 Å². The molecule has 0 atom stereocenters. The second-order valence-corrected chi connectivity index (χ2v) is 7.19. The first kappa shape index (κ1) is 9.04. The summed E-state index contributed by atoms with van der Waals surface area (Å²) >= 11 is -2.06. The molecule has 0 fully saturated rings. The van der Waals surface area contributed by atoms with Crippen molar-refractivity contribution < 1.29 is 8.50 Å². The van der Waals surface area contributed by atoms with Crippen LogP contribution >= 0.6 is 20.0 Å². The molecule has 0 N–H and O–H groups in total. The Morgan fingerprint density at radius 1 is 1.38 bits per heavy atom. The van der Waals surface area contributed by atoms with Gasteiger partial charge in [0.15, 0.2) is 0 Å². The summed E-state index contributed by atoms with van der Waals surface area (Å²) in [6, 6.07) is 0. The SMILES string of the molecule is COCC[O][Ge]([Cl])[Cl]. The van der Waals surface area contributed by atoms with Crippen LogP contribution in [0.25, 0.3) is 0 Å². The number of methoxy groups -OCH3 is 1. The first-order chi connectivity index (χ1) is 3.77. The average Bonchev–Trinajstić information content (AvgIpc) is 1.66. The van der Waals surface area contributed by atoms with E-state index in [9.17, 15) is 0 Å². The van der Waals surface area contributed by atoms with Crippen LogP contribution in [-0.2, 0) is 8.50 Å². The van der Waals surface area contributed by atoms with Crippen molar-refractivity contribution in [1.29, 1.82) is 0 Å². The Morgan fingerprint density at radius 2 is 2.00 bits per heavy atom. The van der Waals surface area contributed by atoms with Crippen molar-refractivity contribution in [2.45, 2.75) is 0 Å². The van der Waals surface area contributed by atoms with Gasteiger partial charge in [-0.3, -0.25) is 0 Å². The van der Waals surface area contributed by atoms with Crippen LogP contribution in [0.15, 0.2) is 0 Å². The minimum absolute atomic E-state index is 0.513. The third kappa shape index (κ3) is 7.04. The molecule has 49 valence electrons. The van der Waals surface area contributed by atoms with Gasteiger partial charge in [0.2, 0.25) is 0 Å². The Hall–Kier alpha value is 1.04. The molecule has 0 spiro atoms. The van der Waals surface area contributed by atoms with Crippen LogP contribution in [-0.4, -0.2) is 33.2 Å². The van der Waals surface area contributed by atoms with Gasteiger partial charge >= 0.3 is 61.7 Å². The van der Waals surface area contributed by atoms with Gasteiger partial charge in [-0.05, 0) is 0 Å². The molecule has 0 amide bonds. The molecule has 0 aromatic carbocycles. The van der Waals surface area contributed by atoms with Crippen LogP contribution in [0, 0.1) is 0 Å². The van der Waals surface area contributed by atoms with Gasteiger partial charge in [0, 0.05) is 0 Å². The fraction of sp³-hybridized carbons (Fsp3) is 1.00. The molecule has 0 bridgehead atoms. The molecule has 8 heavy (non-hydrogen) atoms. The van der Waals surface area contributed by atoms with Crippen molar-refractivity contribution in [2.24, 2.45) is 0 Å². The fourth-order valence-corrected chi connectivity index (χ4v) is 1.50. The molecular weight excluding hydrogens is 212 g/mol. The Balaban J connectivity index is 2.72.